The average molecular weight is 426 g/mol. The van der Waals surface area contributed by atoms with Crippen LogP contribution in [0.25, 0.3) is 5.76 Å². The number of carbonyl (C=O) groups is 2. The molecule has 0 saturated carbocycles. The van der Waals surface area contributed by atoms with Gasteiger partial charge in [-0.2, -0.15) is 0 Å². The summed E-state index contributed by atoms with van der Waals surface area (Å²) in [4.78, 5) is 31.9. The summed E-state index contributed by atoms with van der Waals surface area (Å²) in [6.45, 7) is 2.62. The number of aryl methyl sites for hydroxylation is 2. The Labute approximate surface area is 185 Å². The minimum absolute atomic E-state index is 0.0558. The van der Waals surface area contributed by atoms with Gasteiger partial charge in [-0.1, -0.05) is 23.8 Å². The van der Waals surface area contributed by atoms with Gasteiger partial charge in [0.05, 0.1) is 18.2 Å². The van der Waals surface area contributed by atoms with Crippen molar-refractivity contribution in [2.75, 3.05) is 11.5 Å². The van der Waals surface area contributed by atoms with Gasteiger partial charge in [0.2, 0.25) is 0 Å². The van der Waals surface area contributed by atoms with Crippen LogP contribution in [0.2, 0.25) is 0 Å². The summed E-state index contributed by atoms with van der Waals surface area (Å²) in [5, 5.41) is 11.3. The normalized spacial score (nSPS) is 19.5. The van der Waals surface area contributed by atoms with Crippen molar-refractivity contribution < 1.29 is 19.4 Å². The van der Waals surface area contributed by atoms with Crippen LogP contribution < -0.4 is 9.64 Å². The number of aliphatic hydroxyl groups excluding tert-OH is 1. The van der Waals surface area contributed by atoms with E-state index < -0.39 is 17.7 Å². The summed E-state index contributed by atoms with van der Waals surface area (Å²) in [5.74, 6) is -0.798. The quantitative estimate of drug-likeness (QED) is 0.383. The minimum Gasteiger partial charge on any atom is -0.507 e. The molecule has 32 heavy (non-hydrogen) atoms. The molecule has 1 amide bonds. The molecule has 0 spiro atoms. The zero-order valence-corrected chi connectivity index (χ0v) is 17.6. The Morgan fingerprint density at radius 2 is 1.94 bits per heavy atom. The number of hydrogen-bond donors (Lipinski definition) is 1. The first-order chi connectivity index (χ1) is 15.5. The molecule has 160 valence electrons. The third-order valence-electron chi connectivity index (χ3n) is 5.94. The highest BCUT2D eigenvalue weighted by molar-refractivity contribution is 6.51. The van der Waals surface area contributed by atoms with E-state index >= 15 is 0 Å². The molecule has 3 heterocycles. The molecule has 2 aliphatic heterocycles. The number of Topliss-reactive ketones (excluding diaryl/α,β-unsaturated/α-hetero) is 1. The number of rotatable bonds is 3. The van der Waals surface area contributed by atoms with E-state index in [4.69, 9.17) is 4.74 Å². The van der Waals surface area contributed by atoms with E-state index in [2.05, 4.69) is 4.98 Å². The van der Waals surface area contributed by atoms with Crippen LogP contribution in [-0.2, 0) is 16.0 Å². The van der Waals surface area contributed by atoms with Gasteiger partial charge in [-0.3, -0.25) is 19.5 Å². The number of ketones is 1. The van der Waals surface area contributed by atoms with Gasteiger partial charge in [0, 0.05) is 23.6 Å². The van der Waals surface area contributed by atoms with Crippen molar-refractivity contribution in [1.82, 2.24) is 4.98 Å². The molecule has 2 aromatic carbocycles. The van der Waals surface area contributed by atoms with Crippen LogP contribution in [-0.4, -0.2) is 28.4 Å². The Hall–Kier alpha value is -3.93. The molecule has 6 nitrogen and oxygen atoms in total. The number of nitrogens with zero attached hydrogens (tertiary/aromatic N) is 2. The summed E-state index contributed by atoms with van der Waals surface area (Å²) in [6.07, 6.45) is 4.97. The number of ether oxygens (including phenoxy) is 1. The average Bonchev–Trinajstić information content (AvgIpc) is 3.10. The molecule has 1 unspecified atom stereocenters. The fourth-order valence-corrected chi connectivity index (χ4v) is 4.32. The number of hydrogen-bond acceptors (Lipinski definition) is 5. The second-order valence-electron chi connectivity index (χ2n) is 8.07. The lowest BCUT2D eigenvalue weighted by atomic mass is 9.94. The molecule has 0 aliphatic carbocycles. The van der Waals surface area contributed by atoms with Gasteiger partial charge in [0.25, 0.3) is 11.7 Å². The van der Waals surface area contributed by atoms with Gasteiger partial charge in [-0.25, -0.2) is 0 Å². The molecule has 1 fully saturated rings. The SMILES string of the molecule is Cc1ccc(N2C(=O)C(=O)/C(=C(\O)c3ccc4c(c3)CCCO4)C2c2cccnc2)cc1. The lowest BCUT2D eigenvalue weighted by molar-refractivity contribution is -0.132. The summed E-state index contributed by atoms with van der Waals surface area (Å²) in [6, 6.07) is 15.5. The largest absolute Gasteiger partial charge is 0.507 e. The summed E-state index contributed by atoms with van der Waals surface area (Å²) in [7, 11) is 0. The van der Waals surface area contributed by atoms with E-state index in [-0.39, 0.29) is 11.3 Å². The molecule has 0 bridgehead atoms. The van der Waals surface area contributed by atoms with Crippen LogP contribution in [0.3, 0.4) is 0 Å². The van der Waals surface area contributed by atoms with Gasteiger partial charge in [-0.15, -0.1) is 0 Å². The third-order valence-corrected chi connectivity index (χ3v) is 5.94. The van der Waals surface area contributed by atoms with Crippen molar-refractivity contribution in [2.45, 2.75) is 25.8 Å². The molecule has 6 heteroatoms. The molecular weight excluding hydrogens is 404 g/mol. The second kappa shape index (κ2) is 7.96. The Balaban J connectivity index is 1.68. The fraction of sp³-hybridized carbons (Fsp3) is 0.192. The van der Waals surface area contributed by atoms with E-state index in [1.807, 2.05) is 25.1 Å². The van der Waals surface area contributed by atoms with Crippen molar-refractivity contribution in [3.05, 3.63) is 94.8 Å². The predicted octanol–water partition coefficient (Wildman–Crippen LogP) is 4.34. The van der Waals surface area contributed by atoms with Crippen molar-refractivity contribution in [3.63, 3.8) is 0 Å². The fourth-order valence-electron chi connectivity index (χ4n) is 4.32. The van der Waals surface area contributed by atoms with Crippen LogP contribution in [0.1, 0.15) is 34.7 Å². The first-order valence-electron chi connectivity index (χ1n) is 10.6. The molecule has 1 saturated heterocycles. The zero-order chi connectivity index (χ0) is 22.2. The molecular formula is C26H22N2O4. The first kappa shape index (κ1) is 20.0. The number of benzene rings is 2. The number of amides is 1. The maximum absolute atomic E-state index is 13.2. The molecule has 2 aliphatic rings. The van der Waals surface area contributed by atoms with Gasteiger partial charge in [0.1, 0.15) is 11.5 Å². The monoisotopic (exact) mass is 426 g/mol. The molecule has 5 rings (SSSR count). The molecule has 1 aromatic heterocycles. The second-order valence-corrected chi connectivity index (χ2v) is 8.07. The van der Waals surface area contributed by atoms with Crippen LogP contribution in [0.5, 0.6) is 5.75 Å². The Morgan fingerprint density at radius 1 is 1.12 bits per heavy atom. The van der Waals surface area contributed by atoms with Crippen molar-refractivity contribution in [1.29, 1.82) is 0 Å². The maximum atomic E-state index is 13.2. The number of pyridine rings is 1. The third kappa shape index (κ3) is 3.34. The maximum Gasteiger partial charge on any atom is 0.300 e. The highest BCUT2D eigenvalue weighted by atomic mass is 16.5. The van der Waals surface area contributed by atoms with Gasteiger partial charge >= 0.3 is 0 Å². The Bertz CT molecular complexity index is 1230. The van der Waals surface area contributed by atoms with Crippen LogP contribution >= 0.6 is 0 Å². The summed E-state index contributed by atoms with van der Waals surface area (Å²) in [5.41, 5.74) is 3.80. The van der Waals surface area contributed by atoms with Gasteiger partial charge in [-0.05, 0) is 67.3 Å². The summed E-state index contributed by atoms with van der Waals surface area (Å²) < 4.78 is 5.66. The number of anilines is 1. The number of carbonyl (C=O) groups excluding carboxylic acids is 2. The lowest BCUT2D eigenvalue weighted by Gasteiger charge is -2.25. The van der Waals surface area contributed by atoms with Crippen molar-refractivity contribution in [2.24, 2.45) is 0 Å². The Morgan fingerprint density at radius 3 is 2.69 bits per heavy atom. The van der Waals surface area contributed by atoms with Gasteiger partial charge < -0.3 is 9.84 Å². The van der Waals surface area contributed by atoms with E-state index in [9.17, 15) is 14.7 Å². The molecule has 1 N–H and O–H groups in total. The van der Waals surface area contributed by atoms with Crippen LogP contribution in [0, 0.1) is 6.92 Å². The summed E-state index contributed by atoms with van der Waals surface area (Å²) >= 11 is 0. The van der Waals surface area contributed by atoms with E-state index in [0.29, 0.717) is 23.4 Å². The number of aromatic nitrogens is 1. The van der Waals surface area contributed by atoms with Crippen molar-refractivity contribution in [3.8, 4) is 5.75 Å². The standard InChI is InChI=1S/C26H22N2O4/c1-16-6-9-20(10-7-16)28-23(19-4-2-12-27-15-19)22(25(30)26(28)31)24(29)18-8-11-21-17(14-18)5-3-13-32-21/h2,4,6-12,14-15,23,29H,3,5,13H2,1H3/b24-22-. The zero-order valence-electron chi connectivity index (χ0n) is 17.6. The first-order valence-corrected chi connectivity index (χ1v) is 10.6. The highest BCUT2D eigenvalue weighted by Crippen LogP contribution is 2.42. The minimum atomic E-state index is -0.779. The van der Waals surface area contributed by atoms with Crippen molar-refractivity contribution >= 4 is 23.1 Å². The number of aliphatic hydroxyl groups is 1. The molecule has 3 aromatic rings. The van der Waals surface area contributed by atoms with E-state index in [0.717, 1.165) is 29.7 Å². The highest BCUT2D eigenvalue weighted by Gasteiger charge is 2.47. The molecule has 1 atom stereocenters. The van der Waals surface area contributed by atoms with Gasteiger partial charge in [0.15, 0.2) is 0 Å². The van der Waals surface area contributed by atoms with E-state index in [1.165, 1.54) is 4.90 Å². The number of fused-ring (bicyclic) bond motifs is 1. The topological polar surface area (TPSA) is 79.7 Å². The van der Waals surface area contributed by atoms with E-state index in [1.54, 1.807) is 48.8 Å². The van der Waals surface area contributed by atoms with Crippen LogP contribution in [0.4, 0.5) is 5.69 Å². The smallest absolute Gasteiger partial charge is 0.300 e. The predicted molar refractivity (Wildman–Crippen MR) is 120 cm³/mol. The Kier molecular flexibility index (Phi) is 4.98. The lowest BCUT2D eigenvalue weighted by Crippen LogP contribution is -2.29. The van der Waals surface area contributed by atoms with Crippen LogP contribution in [0.15, 0.2) is 72.6 Å². The molecule has 0 radical (unpaired) electrons.